The summed E-state index contributed by atoms with van der Waals surface area (Å²) in [5.41, 5.74) is 3.00. The Morgan fingerprint density at radius 3 is 2.91 bits per heavy atom. The van der Waals surface area contributed by atoms with Crippen molar-refractivity contribution < 1.29 is 14.7 Å². The zero-order chi connectivity index (χ0) is 15.4. The maximum absolute atomic E-state index is 12.4. The summed E-state index contributed by atoms with van der Waals surface area (Å²) >= 11 is 3.51. The maximum atomic E-state index is 12.4. The molecule has 0 unspecified atom stereocenters. The number of amides is 1. The number of carbonyl (C=O) groups is 2. The van der Waals surface area contributed by atoms with Gasteiger partial charge in [-0.25, -0.2) is 4.79 Å². The average Bonchev–Trinajstić information content (AvgIpc) is 2.69. The highest BCUT2D eigenvalue weighted by atomic mass is 79.9. The Morgan fingerprint density at radius 1 is 1.32 bits per heavy atom. The van der Waals surface area contributed by atoms with Crippen molar-refractivity contribution in [3.05, 3.63) is 27.7 Å². The van der Waals surface area contributed by atoms with E-state index in [0.29, 0.717) is 25.6 Å². The molecule has 3 aliphatic heterocycles. The number of ketones is 1. The topological polar surface area (TPSA) is 60.9 Å². The first-order chi connectivity index (χ1) is 10.6. The zero-order valence-corrected chi connectivity index (χ0v) is 13.7. The van der Waals surface area contributed by atoms with E-state index in [1.165, 1.54) is 4.90 Å². The fourth-order valence-corrected chi connectivity index (χ4v) is 4.69. The third kappa shape index (κ3) is 1.96. The van der Waals surface area contributed by atoms with Gasteiger partial charge < -0.3 is 14.9 Å². The van der Waals surface area contributed by atoms with Crippen LogP contribution in [0.3, 0.4) is 0 Å². The summed E-state index contributed by atoms with van der Waals surface area (Å²) < 4.78 is 0.907. The van der Waals surface area contributed by atoms with Crippen molar-refractivity contribution in [2.24, 2.45) is 0 Å². The van der Waals surface area contributed by atoms with Crippen LogP contribution in [-0.4, -0.2) is 47.6 Å². The Balaban J connectivity index is 1.84. The minimum atomic E-state index is -0.850. The molecule has 0 aliphatic carbocycles. The summed E-state index contributed by atoms with van der Waals surface area (Å²) in [5, 5.41) is 9.29. The van der Waals surface area contributed by atoms with E-state index in [1.807, 2.05) is 6.07 Å². The summed E-state index contributed by atoms with van der Waals surface area (Å²) in [6.07, 6.45) is 1.45. The number of piperidine rings is 1. The highest BCUT2D eigenvalue weighted by molar-refractivity contribution is 9.10. The SMILES string of the molecule is O=C1CCCN2c3c1cc(Br)cc3[C@H]1CN(C(=O)O)CC[C@H]12. The van der Waals surface area contributed by atoms with Gasteiger partial charge in [-0.05, 0) is 30.5 Å². The molecule has 0 saturated carbocycles. The Labute approximate surface area is 137 Å². The summed E-state index contributed by atoms with van der Waals surface area (Å²) in [6, 6.07) is 4.32. The van der Waals surface area contributed by atoms with Crippen molar-refractivity contribution >= 4 is 33.5 Å². The van der Waals surface area contributed by atoms with Gasteiger partial charge in [0, 0.05) is 48.1 Å². The molecule has 1 N–H and O–H groups in total. The Bertz CT molecular complexity index is 676. The normalized spacial score (nSPS) is 26.5. The monoisotopic (exact) mass is 364 g/mol. The van der Waals surface area contributed by atoms with Gasteiger partial charge in [0.25, 0.3) is 0 Å². The van der Waals surface area contributed by atoms with Crippen LogP contribution in [0.25, 0.3) is 0 Å². The van der Waals surface area contributed by atoms with E-state index in [-0.39, 0.29) is 11.7 Å². The molecule has 116 valence electrons. The standard InChI is InChI=1S/C16H17BrN2O3/c17-9-6-10-12-8-18(16(21)22)5-3-13(12)19-4-1-2-14(20)11(7-9)15(10)19/h6-7,12-13H,1-5,8H2,(H,21,22)/t12-,13-/m1/s1. The lowest BCUT2D eigenvalue weighted by Gasteiger charge is -2.37. The van der Waals surface area contributed by atoms with Crippen LogP contribution in [-0.2, 0) is 0 Å². The van der Waals surface area contributed by atoms with Gasteiger partial charge in [0.05, 0.1) is 5.69 Å². The summed E-state index contributed by atoms with van der Waals surface area (Å²) in [5.74, 6) is 0.371. The lowest BCUT2D eigenvalue weighted by atomic mass is 9.88. The summed E-state index contributed by atoms with van der Waals surface area (Å²) in [7, 11) is 0. The van der Waals surface area contributed by atoms with Gasteiger partial charge in [-0.1, -0.05) is 15.9 Å². The number of hydrogen-bond acceptors (Lipinski definition) is 3. The number of hydrogen-bond donors (Lipinski definition) is 1. The number of Topliss-reactive ketones (excluding diaryl/α,β-unsaturated/α-hetero) is 1. The average molecular weight is 365 g/mol. The highest BCUT2D eigenvalue weighted by Crippen LogP contribution is 2.48. The second-order valence-corrected chi connectivity index (χ2v) is 7.22. The highest BCUT2D eigenvalue weighted by Gasteiger charge is 2.45. The summed E-state index contributed by atoms with van der Waals surface area (Å²) in [4.78, 5) is 27.6. The van der Waals surface area contributed by atoms with E-state index in [9.17, 15) is 14.7 Å². The molecule has 1 saturated heterocycles. The molecule has 0 spiro atoms. The minimum absolute atomic E-state index is 0.169. The molecule has 6 heteroatoms. The van der Waals surface area contributed by atoms with Crippen LogP contribution in [0, 0.1) is 0 Å². The molecular weight excluding hydrogens is 348 g/mol. The largest absolute Gasteiger partial charge is 0.465 e. The quantitative estimate of drug-likeness (QED) is 0.768. The second kappa shape index (κ2) is 4.98. The van der Waals surface area contributed by atoms with E-state index in [2.05, 4.69) is 26.9 Å². The molecule has 1 aromatic carbocycles. The first-order valence-electron chi connectivity index (χ1n) is 7.67. The zero-order valence-electron chi connectivity index (χ0n) is 12.1. The van der Waals surface area contributed by atoms with Crippen LogP contribution in [0.4, 0.5) is 10.5 Å². The summed E-state index contributed by atoms with van der Waals surface area (Å²) in [6.45, 7) is 1.99. The van der Waals surface area contributed by atoms with Crippen LogP contribution in [0.2, 0.25) is 0 Å². The van der Waals surface area contributed by atoms with Crippen LogP contribution < -0.4 is 4.90 Å². The van der Waals surface area contributed by atoms with Crippen molar-refractivity contribution in [1.29, 1.82) is 0 Å². The Morgan fingerprint density at radius 2 is 2.14 bits per heavy atom. The predicted octanol–water partition coefficient (Wildman–Crippen LogP) is 3.08. The van der Waals surface area contributed by atoms with Gasteiger partial charge in [-0.3, -0.25) is 4.79 Å². The van der Waals surface area contributed by atoms with Crippen molar-refractivity contribution in [2.45, 2.75) is 31.2 Å². The maximum Gasteiger partial charge on any atom is 0.407 e. The third-order valence-corrected chi connectivity index (χ3v) is 5.60. The number of likely N-dealkylation sites (tertiary alicyclic amines) is 1. The van der Waals surface area contributed by atoms with Gasteiger partial charge in [0.15, 0.2) is 5.78 Å². The molecule has 3 heterocycles. The molecule has 3 aliphatic rings. The molecular formula is C16H17BrN2O3. The van der Waals surface area contributed by atoms with E-state index in [1.54, 1.807) is 0 Å². The van der Waals surface area contributed by atoms with Crippen LogP contribution in [0.5, 0.6) is 0 Å². The number of rotatable bonds is 0. The molecule has 0 bridgehead atoms. The first kappa shape index (κ1) is 14.1. The number of carbonyl (C=O) groups excluding carboxylic acids is 1. The number of nitrogens with zero attached hydrogens (tertiary/aromatic N) is 2. The molecule has 22 heavy (non-hydrogen) atoms. The molecule has 0 aromatic heterocycles. The first-order valence-corrected chi connectivity index (χ1v) is 8.46. The fraction of sp³-hybridized carbons (Fsp3) is 0.500. The van der Waals surface area contributed by atoms with Gasteiger partial charge >= 0.3 is 6.09 Å². The minimum Gasteiger partial charge on any atom is -0.465 e. The van der Waals surface area contributed by atoms with Gasteiger partial charge in [-0.2, -0.15) is 0 Å². The van der Waals surface area contributed by atoms with Crippen molar-refractivity contribution in [3.8, 4) is 0 Å². The van der Waals surface area contributed by atoms with Crippen LogP contribution >= 0.6 is 15.9 Å². The third-order valence-electron chi connectivity index (χ3n) is 5.14. The molecule has 5 nitrogen and oxygen atoms in total. The Kier molecular flexibility index (Phi) is 3.18. The van der Waals surface area contributed by atoms with Crippen LogP contribution in [0.1, 0.15) is 41.1 Å². The number of anilines is 1. The Hall–Kier alpha value is -1.56. The lowest BCUT2D eigenvalue weighted by Crippen LogP contribution is -2.48. The molecule has 2 atom stereocenters. The van der Waals surface area contributed by atoms with Crippen molar-refractivity contribution in [1.82, 2.24) is 4.90 Å². The number of fused-ring (bicyclic) bond motifs is 3. The van der Waals surface area contributed by atoms with Crippen LogP contribution in [0.15, 0.2) is 16.6 Å². The molecule has 1 aromatic rings. The van der Waals surface area contributed by atoms with Crippen molar-refractivity contribution in [3.63, 3.8) is 0 Å². The second-order valence-electron chi connectivity index (χ2n) is 6.30. The molecule has 0 radical (unpaired) electrons. The van der Waals surface area contributed by atoms with Gasteiger partial charge in [0.1, 0.15) is 0 Å². The molecule has 1 fully saturated rings. The van der Waals surface area contributed by atoms with Gasteiger partial charge in [-0.15, -0.1) is 0 Å². The fourth-order valence-electron chi connectivity index (χ4n) is 4.22. The van der Waals surface area contributed by atoms with Crippen molar-refractivity contribution in [2.75, 3.05) is 24.5 Å². The molecule has 4 rings (SSSR count). The van der Waals surface area contributed by atoms with E-state index < -0.39 is 6.09 Å². The van der Waals surface area contributed by atoms with E-state index in [0.717, 1.165) is 40.7 Å². The number of halogens is 1. The smallest absolute Gasteiger partial charge is 0.407 e. The van der Waals surface area contributed by atoms with E-state index in [4.69, 9.17) is 0 Å². The lowest BCUT2D eigenvalue weighted by molar-refractivity contribution is 0.0982. The number of carboxylic acid groups (broad SMARTS) is 1. The van der Waals surface area contributed by atoms with Gasteiger partial charge in [0.2, 0.25) is 0 Å². The predicted molar refractivity (Wildman–Crippen MR) is 85.8 cm³/mol. The number of benzene rings is 1. The molecule has 1 amide bonds. The van der Waals surface area contributed by atoms with E-state index >= 15 is 0 Å².